The molecule has 0 aliphatic heterocycles. The van der Waals surface area contributed by atoms with Crippen LogP contribution in [0.15, 0.2) is 60.9 Å². The van der Waals surface area contributed by atoms with Gasteiger partial charge in [0, 0.05) is 23.5 Å². The minimum Gasteiger partial charge on any atom is -0.495 e. The van der Waals surface area contributed by atoms with Crippen LogP contribution in [0.2, 0.25) is 0 Å². The average molecular weight is 385 g/mol. The normalized spacial score (nSPS) is 10.9. The molecule has 0 radical (unpaired) electrons. The summed E-state index contributed by atoms with van der Waals surface area (Å²) in [7, 11) is 1.59. The molecule has 0 atom stereocenters. The van der Waals surface area contributed by atoms with Crippen LogP contribution in [-0.2, 0) is 0 Å². The van der Waals surface area contributed by atoms with E-state index >= 15 is 0 Å². The van der Waals surface area contributed by atoms with E-state index < -0.39 is 0 Å². The molecule has 0 aliphatic rings. The highest BCUT2D eigenvalue weighted by atomic mass is 16.5. The van der Waals surface area contributed by atoms with Gasteiger partial charge in [0.25, 0.3) is 5.91 Å². The molecule has 0 fully saturated rings. The summed E-state index contributed by atoms with van der Waals surface area (Å²) in [6, 6.07) is 15.4. The number of amides is 1. The summed E-state index contributed by atoms with van der Waals surface area (Å²) in [6.07, 6.45) is 3.97. The third-order valence-electron chi connectivity index (χ3n) is 5.13. The lowest BCUT2D eigenvalue weighted by atomic mass is 10.1. The first-order valence-electron chi connectivity index (χ1n) is 9.47. The van der Waals surface area contributed by atoms with E-state index in [2.05, 4.69) is 5.32 Å². The quantitative estimate of drug-likeness (QED) is 0.526. The maximum absolute atomic E-state index is 12.8. The predicted molar refractivity (Wildman–Crippen MR) is 116 cm³/mol. The largest absolute Gasteiger partial charge is 0.495 e. The maximum atomic E-state index is 12.8. The molecule has 0 unspecified atom stereocenters. The Morgan fingerprint density at radius 3 is 2.59 bits per heavy atom. The van der Waals surface area contributed by atoms with Gasteiger partial charge in [-0.2, -0.15) is 0 Å². The third-order valence-corrected chi connectivity index (χ3v) is 5.13. The van der Waals surface area contributed by atoms with Crippen LogP contribution in [-0.4, -0.2) is 22.4 Å². The maximum Gasteiger partial charge on any atom is 0.255 e. The zero-order valence-corrected chi connectivity index (χ0v) is 17.0. The Labute approximate surface area is 170 Å². The zero-order chi connectivity index (χ0) is 20.5. The van der Waals surface area contributed by atoms with Gasteiger partial charge in [0.15, 0.2) is 0 Å². The van der Waals surface area contributed by atoms with Gasteiger partial charge in [0.1, 0.15) is 11.4 Å². The number of carbonyl (C=O) groups is 1. The molecule has 0 saturated heterocycles. The first-order valence-corrected chi connectivity index (χ1v) is 9.47. The standard InChI is InChI=1S/C24H23N3O2/c1-15-9-10-27-14-21(25-23(27)11-15)18-7-8-22(29-4)20(13-18)26-24(28)19-6-5-16(2)17(3)12-19/h5-14H,1-4H3,(H,26,28). The Hall–Kier alpha value is -3.60. The van der Waals surface area contributed by atoms with Gasteiger partial charge >= 0.3 is 0 Å². The van der Waals surface area contributed by atoms with Gasteiger partial charge < -0.3 is 14.5 Å². The minimum absolute atomic E-state index is 0.172. The number of nitrogens with zero attached hydrogens (tertiary/aromatic N) is 2. The topological polar surface area (TPSA) is 55.6 Å². The fraction of sp³-hybridized carbons (Fsp3) is 0.167. The molecule has 0 spiro atoms. The van der Waals surface area contributed by atoms with E-state index in [1.807, 2.05) is 86.1 Å². The Balaban J connectivity index is 1.69. The van der Waals surface area contributed by atoms with Crippen LogP contribution in [0.25, 0.3) is 16.9 Å². The molecule has 1 N–H and O–H groups in total. The highest BCUT2D eigenvalue weighted by molar-refractivity contribution is 6.05. The van der Waals surface area contributed by atoms with Crippen molar-refractivity contribution < 1.29 is 9.53 Å². The molecule has 2 aromatic carbocycles. The molecule has 0 bridgehead atoms. The molecule has 2 aromatic heterocycles. The number of ether oxygens (including phenoxy) is 1. The number of nitrogens with one attached hydrogen (secondary N) is 1. The number of hydrogen-bond donors (Lipinski definition) is 1. The number of methoxy groups -OCH3 is 1. The van der Waals surface area contributed by atoms with Crippen molar-refractivity contribution in [2.24, 2.45) is 0 Å². The van der Waals surface area contributed by atoms with E-state index in [0.29, 0.717) is 17.0 Å². The number of aryl methyl sites for hydroxylation is 3. The van der Waals surface area contributed by atoms with Gasteiger partial charge in [-0.15, -0.1) is 0 Å². The number of hydrogen-bond acceptors (Lipinski definition) is 3. The number of rotatable bonds is 4. The van der Waals surface area contributed by atoms with E-state index in [-0.39, 0.29) is 5.91 Å². The van der Waals surface area contributed by atoms with Gasteiger partial charge in [-0.05, 0) is 79.9 Å². The molecule has 2 heterocycles. The average Bonchev–Trinajstić information content (AvgIpc) is 3.13. The van der Waals surface area contributed by atoms with Crippen molar-refractivity contribution in [2.45, 2.75) is 20.8 Å². The molecule has 1 amide bonds. The number of aromatic nitrogens is 2. The molecule has 29 heavy (non-hydrogen) atoms. The van der Waals surface area contributed by atoms with Crippen LogP contribution in [0.1, 0.15) is 27.0 Å². The Bertz CT molecular complexity index is 1220. The van der Waals surface area contributed by atoms with Crippen molar-refractivity contribution >= 4 is 17.2 Å². The van der Waals surface area contributed by atoms with Crippen molar-refractivity contribution in [3.05, 3.63) is 83.2 Å². The van der Waals surface area contributed by atoms with E-state index in [4.69, 9.17) is 9.72 Å². The number of anilines is 1. The van der Waals surface area contributed by atoms with Crippen molar-refractivity contribution in [3.63, 3.8) is 0 Å². The summed E-state index contributed by atoms with van der Waals surface area (Å²) >= 11 is 0. The number of benzene rings is 2. The van der Waals surface area contributed by atoms with Gasteiger partial charge in [0.2, 0.25) is 0 Å². The summed E-state index contributed by atoms with van der Waals surface area (Å²) in [6.45, 7) is 6.07. The first-order chi connectivity index (χ1) is 13.9. The van der Waals surface area contributed by atoms with Crippen LogP contribution in [0.4, 0.5) is 5.69 Å². The van der Waals surface area contributed by atoms with Crippen molar-refractivity contribution in [3.8, 4) is 17.0 Å². The van der Waals surface area contributed by atoms with Crippen LogP contribution in [0, 0.1) is 20.8 Å². The second kappa shape index (κ2) is 7.43. The molecule has 0 aliphatic carbocycles. The fourth-order valence-electron chi connectivity index (χ4n) is 3.26. The zero-order valence-electron chi connectivity index (χ0n) is 17.0. The monoisotopic (exact) mass is 385 g/mol. The molecule has 0 saturated carbocycles. The first kappa shape index (κ1) is 18.7. The van der Waals surface area contributed by atoms with Crippen molar-refractivity contribution in [1.29, 1.82) is 0 Å². The van der Waals surface area contributed by atoms with Crippen LogP contribution < -0.4 is 10.1 Å². The summed E-state index contributed by atoms with van der Waals surface area (Å²) in [5.41, 5.74) is 7.25. The van der Waals surface area contributed by atoms with Crippen molar-refractivity contribution in [2.75, 3.05) is 12.4 Å². The van der Waals surface area contributed by atoms with E-state index in [9.17, 15) is 4.79 Å². The number of fused-ring (bicyclic) bond motifs is 1. The van der Waals surface area contributed by atoms with Gasteiger partial charge in [0.05, 0.1) is 18.5 Å². The molecule has 5 heteroatoms. The van der Waals surface area contributed by atoms with Gasteiger partial charge in [-0.25, -0.2) is 4.98 Å². The van der Waals surface area contributed by atoms with Crippen LogP contribution in [0.3, 0.4) is 0 Å². The Kier molecular flexibility index (Phi) is 4.80. The highest BCUT2D eigenvalue weighted by Crippen LogP contribution is 2.31. The molecule has 146 valence electrons. The number of pyridine rings is 1. The second-order valence-corrected chi connectivity index (χ2v) is 7.26. The third kappa shape index (κ3) is 3.72. The number of carbonyl (C=O) groups excluding carboxylic acids is 1. The highest BCUT2D eigenvalue weighted by Gasteiger charge is 2.13. The predicted octanol–water partition coefficient (Wildman–Crippen LogP) is 5.19. The summed E-state index contributed by atoms with van der Waals surface area (Å²) in [4.78, 5) is 17.5. The lowest BCUT2D eigenvalue weighted by molar-refractivity contribution is 0.102. The molecule has 5 nitrogen and oxygen atoms in total. The minimum atomic E-state index is -0.172. The van der Waals surface area contributed by atoms with E-state index in [0.717, 1.165) is 33.6 Å². The Morgan fingerprint density at radius 2 is 1.83 bits per heavy atom. The summed E-state index contributed by atoms with van der Waals surface area (Å²) < 4.78 is 7.44. The number of imidazole rings is 1. The molecule has 4 rings (SSSR count). The van der Waals surface area contributed by atoms with Crippen LogP contribution in [0.5, 0.6) is 5.75 Å². The van der Waals surface area contributed by atoms with E-state index in [1.165, 1.54) is 0 Å². The van der Waals surface area contributed by atoms with Gasteiger partial charge in [-0.3, -0.25) is 4.79 Å². The summed E-state index contributed by atoms with van der Waals surface area (Å²) in [5.74, 6) is 0.430. The SMILES string of the molecule is COc1ccc(-c2cn3ccc(C)cc3n2)cc1NC(=O)c1ccc(C)c(C)c1. The lowest BCUT2D eigenvalue weighted by Crippen LogP contribution is -2.13. The van der Waals surface area contributed by atoms with E-state index in [1.54, 1.807) is 7.11 Å². The van der Waals surface area contributed by atoms with Gasteiger partial charge in [-0.1, -0.05) is 6.07 Å². The Morgan fingerprint density at radius 1 is 1.00 bits per heavy atom. The summed E-state index contributed by atoms with van der Waals surface area (Å²) in [5, 5.41) is 2.98. The molecule has 4 aromatic rings. The fourth-order valence-corrected chi connectivity index (χ4v) is 3.26. The van der Waals surface area contributed by atoms with Crippen LogP contribution >= 0.6 is 0 Å². The second-order valence-electron chi connectivity index (χ2n) is 7.26. The molecular formula is C24H23N3O2. The van der Waals surface area contributed by atoms with Crippen molar-refractivity contribution in [1.82, 2.24) is 9.38 Å². The lowest BCUT2D eigenvalue weighted by Gasteiger charge is -2.12. The molecular weight excluding hydrogens is 362 g/mol. The smallest absolute Gasteiger partial charge is 0.255 e.